The number of benzene rings is 1. The highest BCUT2D eigenvalue weighted by molar-refractivity contribution is 7.93. The lowest BCUT2D eigenvalue weighted by Gasteiger charge is -2.39. The van der Waals surface area contributed by atoms with Crippen LogP contribution in [0.15, 0.2) is 26.9 Å². The molecular weight excluding hydrogens is 602 g/mol. The molecule has 0 saturated carbocycles. The molecule has 2 aromatic heterocycles. The molecule has 16 heteroatoms. The molecule has 13 nitrogen and oxygen atoms in total. The molecule has 224 valence electrons. The second-order valence-corrected chi connectivity index (χ2v) is 12.5. The van der Waals surface area contributed by atoms with Gasteiger partial charge in [-0.05, 0) is 61.4 Å². The van der Waals surface area contributed by atoms with Gasteiger partial charge >= 0.3 is 0 Å². The van der Waals surface area contributed by atoms with Gasteiger partial charge in [0, 0.05) is 5.69 Å². The van der Waals surface area contributed by atoms with Crippen LogP contribution in [0.3, 0.4) is 0 Å². The predicted octanol–water partition coefficient (Wildman–Crippen LogP) is 1.99. The quantitative estimate of drug-likeness (QED) is 0.202. The minimum atomic E-state index is -4.26. The van der Waals surface area contributed by atoms with Crippen molar-refractivity contribution in [3.8, 4) is 0 Å². The Bertz CT molecular complexity index is 1540. The number of ether oxygens (including phenoxy) is 2. The molecule has 4 rings (SSSR count). The Morgan fingerprint density at radius 1 is 1.15 bits per heavy atom. The van der Waals surface area contributed by atoms with Gasteiger partial charge in [0.25, 0.3) is 21.8 Å². The highest BCUT2D eigenvalue weighted by atomic mass is 35.5. The number of aromatic nitrogens is 1. The Balaban J connectivity index is 1.55. The number of sulfonamides is 1. The average molecular weight is 632 g/mol. The Morgan fingerprint density at radius 2 is 1.85 bits per heavy atom. The van der Waals surface area contributed by atoms with Crippen molar-refractivity contribution in [1.82, 2.24) is 5.16 Å². The summed E-state index contributed by atoms with van der Waals surface area (Å²) in [4.78, 5) is 13.0. The van der Waals surface area contributed by atoms with Crippen LogP contribution in [-0.2, 0) is 26.1 Å². The minimum absolute atomic E-state index is 0.000765. The summed E-state index contributed by atoms with van der Waals surface area (Å²) in [5, 5.41) is 47.6. The fourth-order valence-electron chi connectivity index (χ4n) is 4.46. The van der Waals surface area contributed by atoms with Crippen molar-refractivity contribution in [1.29, 1.82) is 0 Å². The number of thiophene rings is 1. The summed E-state index contributed by atoms with van der Waals surface area (Å²) in [5.74, 6) is -0.938. The van der Waals surface area contributed by atoms with Crippen molar-refractivity contribution in [3.05, 3.63) is 55.4 Å². The number of anilines is 2. The molecule has 3 aromatic rings. The second-order valence-electron chi connectivity index (χ2n) is 9.58. The first-order chi connectivity index (χ1) is 19.3. The van der Waals surface area contributed by atoms with E-state index in [2.05, 4.69) is 15.2 Å². The van der Waals surface area contributed by atoms with Gasteiger partial charge in [0.1, 0.15) is 44.9 Å². The monoisotopic (exact) mass is 631 g/mol. The van der Waals surface area contributed by atoms with E-state index in [1.165, 1.54) is 11.4 Å². The van der Waals surface area contributed by atoms with Crippen LogP contribution in [0.5, 0.6) is 0 Å². The molecule has 5 atom stereocenters. The maximum Gasteiger partial charge on any atom is 0.267 e. The smallest absolute Gasteiger partial charge is 0.267 e. The maximum atomic E-state index is 13.3. The van der Waals surface area contributed by atoms with Crippen LogP contribution >= 0.6 is 22.9 Å². The van der Waals surface area contributed by atoms with E-state index in [9.17, 15) is 33.6 Å². The molecule has 41 heavy (non-hydrogen) atoms. The number of nitrogens with one attached hydrogen (secondary N) is 2. The Hall–Kier alpha value is -2.60. The highest BCUT2D eigenvalue weighted by Crippen LogP contribution is 2.33. The predicted molar refractivity (Wildman–Crippen MR) is 149 cm³/mol. The molecule has 0 spiro atoms. The van der Waals surface area contributed by atoms with Crippen molar-refractivity contribution in [2.45, 2.75) is 69.9 Å². The third kappa shape index (κ3) is 6.28. The van der Waals surface area contributed by atoms with Crippen LogP contribution in [-0.4, -0.2) is 77.2 Å². The zero-order chi connectivity index (χ0) is 30.2. The summed E-state index contributed by atoms with van der Waals surface area (Å²) in [5.41, 5.74) is 3.47. The van der Waals surface area contributed by atoms with Crippen LogP contribution < -0.4 is 10.0 Å². The van der Waals surface area contributed by atoms with E-state index < -0.39 is 53.2 Å². The van der Waals surface area contributed by atoms with Gasteiger partial charge in [-0.3, -0.25) is 4.79 Å². The Morgan fingerprint density at radius 3 is 2.49 bits per heavy atom. The molecule has 0 unspecified atom stereocenters. The topological polar surface area (TPSA) is 201 Å². The molecule has 1 amide bonds. The number of carbonyl (C=O) groups is 1. The number of carbonyl (C=O) groups excluding carboxylic acids is 1. The number of rotatable bonds is 9. The molecule has 0 radical (unpaired) electrons. The number of aliphatic hydroxyl groups excluding tert-OH is 4. The van der Waals surface area contributed by atoms with E-state index >= 15 is 0 Å². The molecule has 0 bridgehead atoms. The Labute approximate surface area is 244 Å². The molecule has 0 aliphatic carbocycles. The molecule has 1 aliphatic heterocycles. The van der Waals surface area contributed by atoms with E-state index in [0.29, 0.717) is 28.1 Å². The van der Waals surface area contributed by atoms with Gasteiger partial charge in [0.15, 0.2) is 6.29 Å². The van der Waals surface area contributed by atoms with Gasteiger partial charge < -0.3 is 39.7 Å². The summed E-state index contributed by atoms with van der Waals surface area (Å²) in [6, 6.07) is 3.09. The first kappa shape index (κ1) is 31.3. The maximum absolute atomic E-state index is 13.3. The number of aliphatic hydroxyl groups is 4. The summed E-state index contributed by atoms with van der Waals surface area (Å²) in [6.07, 6.45) is -7.13. The number of hydrogen-bond acceptors (Lipinski definition) is 12. The number of hydrogen-bond donors (Lipinski definition) is 6. The molecule has 6 N–H and O–H groups in total. The molecule has 1 aliphatic rings. The third-order valence-corrected chi connectivity index (χ3v) is 9.61. The van der Waals surface area contributed by atoms with Crippen molar-refractivity contribution in [3.63, 3.8) is 0 Å². The normalized spacial score (nSPS) is 23.0. The van der Waals surface area contributed by atoms with Crippen LogP contribution in [0.2, 0.25) is 5.02 Å². The van der Waals surface area contributed by atoms with E-state index in [1.54, 1.807) is 26.8 Å². The summed E-state index contributed by atoms with van der Waals surface area (Å²) in [7, 11) is -4.26. The lowest BCUT2D eigenvalue weighted by atomic mass is 9.97. The summed E-state index contributed by atoms with van der Waals surface area (Å²) < 4.78 is 44.4. The number of aryl methyl sites for hydroxylation is 3. The van der Waals surface area contributed by atoms with Gasteiger partial charge in [0.2, 0.25) is 0 Å². The van der Waals surface area contributed by atoms with E-state index in [1.807, 2.05) is 6.92 Å². The van der Waals surface area contributed by atoms with Crippen LogP contribution in [0.1, 0.15) is 37.6 Å². The van der Waals surface area contributed by atoms with Crippen molar-refractivity contribution in [2.24, 2.45) is 0 Å². The fraction of sp³-hybridized carbons (Fsp3) is 0.440. The van der Waals surface area contributed by atoms with Crippen molar-refractivity contribution < 1.29 is 47.6 Å². The molecule has 1 fully saturated rings. The van der Waals surface area contributed by atoms with Gasteiger partial charge in [-0.15, -0.1) is 11.3 Å². The number of amides is 1. The van der Waals surface area contributed by atoms with Crippen molar-refractivity contribution in [2.75, 3.05) is 16.6 Å². The SMILES string of the molecule is Cc1cc(C)c(NC(=O)c2sccc2S(=O)(=O)Nc2onc(C)c2Cl)c(C)c1CO[C@@H]1O[C@H](CO)[C@@H](O)[C@H](O)[C@@H]1O. The van der Waals surface area contributed by atoms with Crippen LogP contribution in [0.4, 0.5) is 11.6 Å². The van der Waals surface area contributed by atoms with Gasteiger partial charge in [-0.2, -0.15) is 0 Å². The van der Waals surface area contributed by atoms with Gasteiger partial charge in [0.05, 0.1) is 13.2 Å². The van der Waals surface area contributed by atoms with E-state index in [4.69, 9.17) is 25.6 Å². The fourth-order valence-corrected chi connectivity index (χ4v) is 6.95. The van der Waals surface area contributed by atoms with Gasteiger partial charge in [-0.25, -0.2) is 13.1 Å². The minimum Gasteiger partial charge on any atom is -0.394 e. The zero-order valence-electron chi connectivity index (χ0n) is 22.4. The average Bonchev–Trinajstić information content (AvgIpc) is 3.54. The van der Waals surface area contributed by atoms with E-state index in [0.717, 1.165) is 16.9 Å². The standard InChI is InChI=1S/C25H30ClN3O10S2/c1-10-7-11(2)18(12(3)14(10)9-37-25-21(33)20(32)19(31)15(8-30)38-25)27-23(34)22-16(5-6-40-22)41(35,36)29-24-17(26)13(4)28-39-24/h5-7,15,19-21,25,29-33H,8-9H2,1-4H3,(H,27,34)/t15-,19-,20+,21+,25-/m1/s1. The lowest BCUT2D eigenvalue weighted by molar-refractivity contribution is -0.304. The molecule has 3 heterocycles. The number of nitrogens with zero attached hydrogens (tertiary/aromatic N) is 1. The zero-order valence-corrected chi connectivity index (χ0v) is 24.8. The molecule has 1 aromatic carbocycles. The molecule has 1 saturated heterocycles. The van der Waals surface area contributed by atoms with Crippen molar-refractivity contribution >= 4 is 50.4 Å². The van der Waals surface area contributed by atoms with Gasteiger partial charge in [-0.1, -0.05) is 22.8 Å². The first-order valence-electron chi connectivity index (χ1n) is 12.3. The van der Waals surface area contributed by atoms with Crippen LogP contribution in [0, 0.1) is 27.7 Å². The Kier molecular flexibility index (Phi) is 9.42. The first-order valence-corrected chi connectivity index (χ1v) is 15.1. The largest absolute Gasteiger partial charge is 0.394 e. The second kappa shape index (κ2) is 12.3. The number of halogens is 1. The summed E-state index contributed by atoms with van der Waals surface area (Å²) >= 11 is 6.96. The lowest BCUT2D eigenvalue weighted by Crippen LogP contribution is -2.59. The highest BCUT2D eigenvalue weighted by Gasteiger charge is 2.44. The molecular formula is C25H30ClN3O10S2. The third-order valence-electron chi connectivity index (χ3n) is 6.75. The van der Waals surface area contributed by atoms with Crippen LogP contribution in [0.25, 0.3) is 0 Å². The summed E-state index contributed by atoms with van der Waals surface area (Å²) in [6.45, 7) is 6.18. The van der Waals surface area contributed by atoms with E-state index in [-0.39, 0.29) is 27.3 Å².